The van der Waals surface area contributed by atoms with Crippen LogP contribution in [0.1, 0.15) is 66.7 Å². The van der Waals surface area contributed by atoms with E-state index in [2.05, 4.69) is 45.9 Å². The molecule has 152 valence electrons. The number of aliphatic hydroxyl groups is 2. The number of rotatable bonds is 9. The zero-order valence-corrected chi connectivity index (χ0v) is 17.7. The van der Waals surface area contributed by atoms with Crippen LogP contribution in [0.5, 0.6) is 0 Å². The molecule has 0 radical (unpaired) electrons. The predicted octanol–water partition coefficient (Wildman–Crippen LogP) is 5.41. The third-order valence-corrected chi connectivity index (χ3v) is 5.27. The smallest absolute Gasteiger partial charge is 0.229 e. The van der Waals surface area contributed by atoms with Crippen molar-refractivity contribution in [3.8, 4) is 0 Å². The average molecular weight is 377 g/mol. The Morgan fingerprint density at radius 3 is 2.15 bits per heavy atom. The zero-order valence-electron chi connectivity index (χ0n) is 17.7. The van der Waals surface area contributed by atoms with Crippen LogP contribution < -0.4 is 0 Å². The first-order chi connectivity index (χ1) is 12.7. The molecule has 1 aliphatic rings. The summed E-state index contributed by atoms with van der Waals surface area (Å²) in [6.45, 7) is 10.3. The zero-order chi connectivity index (χ0) is 20.6. The van der Waals surface area contributed by atoms with Crippen LogP contribution >= 0.6 is 0 Å². The molecule has 0 amide bonds. The van der Waals surface area contributed by atoms with Crippen LogP contribution in [-0.2, 0) is 9.53 Å². The molecular formula is C23H36O4. The number of carbonyl (C=O) groups is 1. The number of methoxy groups -OCH3 is 1. The van der Waals surface area contributed by atoms with Crippen molar-refractivity contribution in [1.29, 1.82) is 0 Å². The summed E-state index contributed by atoms with van der Waals surface area (Å²) in [5.41, 5.74) is 4.00. The molecule has 0 aromatic heterocycles. The molecule has 4 heteroatoms. The van der Waals surface area contributed by atoms with E-state index in [1.807, 2.05) is 6.92 Å². The Kier molecular flexibility index (Phi) is 9.57. The summed E-state index contributed by atoms with van der Waals surface area (Å²) in [4.78, 5) is 12.1. The van der Waals surface area contributed by atoms with Crippen molar-refractivity contribution < 1.29 is 19.7 Å². The molecule has 0 saturated carbocycles. The van der Waals surface area contributed by atoms with Crippen molar-refractivity contribution in [3.05, 3.63) is 46.5 Å². The van der Waals surface area contributed by atoms with Gasteiger partial charge in [-0.3, -0.25) is 4.79 Å². The van der Waals surface area contributed by atoms with Gasteiger partial charge in [-0.05, 0) is 59.8 Å². The van der Waals surface area contributed by atoms with E-state index in [1.165, 1.54) is 23.8 Å². The van der Waals surface area contributed by atoms with E-state index in [0.717, 1.165) is 25.7 Å². The molecule has 0 aliphatic heterocycles. The van der Waals surface area contributed by atoms with E-state index in [4.69, 9.17) is 4.74 Å². The lowest BCUT2D eigenvalue weighted by molar-refractivity contribution is -0.132. The summed E-state index contributed by atoms with van der Waals surface area (Å²) in [7, 11) is 1.34. The Morgan fingerprint density at radius 1 is 1.04 bits per heavy atom. The second-order valence-corrected chi connectivity index (χ2v) is 7.88. The molecule has 0 fully saturated rings. The fraction of sp³-hybridized carbons (Fsp3) is 0.609. The molecule has 2 N–H and O–H groups in total. The highest BCUT2D eigenvalue weighted by molar-refractivity contribution is 5.98. The van der Waals surface area contributed by atoms with Crippen LogP contribution in [0.3, 0.4) is 0 Å². The largest absolute Gasteiger partial charge is 0.508 e. The van der Waals surface area contributed by atoms with E-state index in [1.54, 1.807) is 0 Å². The van der Waals surface area contributed by atoms with Crippen molar-refractivity contribution >= 4 is 5.78 Å². The van der Waals surface area contributed by atoms with Crippen molar-refractivity contribution in [1.82, 2.24) is 0 Å². The van der Waals surface area contributed by atoms with Crippen molar-refractivity contribution in [3.63, 3.8) is 0 Å². The van der Waals surface area contributed by atoms with E-state index in [0.29, 0.717) is 6.42 Å². The van der Waals surface area contributed by atoms with Gasteiger partial charge in [0, 0.05) is 11.8 Å². The first-order valence-corrected chi connectivity index (χ1v) is 9.83. The predicted molar refractivity (Wildman–Crippen MR) is 110 cm³/mol. The summed E-state index contributed by atoms with van der Waals surface area (Å²) in [5, 5.41) is 20.5. The number of Topliss-reactive ketones (excluding diaryl/α,β-unsaturated/α-hetero) is 1. The van der Waals surface area contributed by atoms with Crippen LogP contribution in [0.25, 0.3) is 0 Å². The lowest BCUT2D eigenvalue weighted by atomic mass is 9.77. The molecule has 0 aromatic carbocycles. The highest BCUT2D eigenvalue weighted by Crippen LogP contribution is 2.34. The van der Waals surface area contributed by atoms with Gasteiger partial charge in [-0.2, -0.15) is 0 Å². The Labute approximate surface area is 164 Å². The van der Waals surface area contributed by atoms with Crippen LogP contribution in [0.15, 0.2) is 46.5 Å². The number of hydrogen-bond acceptors (Lipinski definition) is 4. The maximum atomic E-state index is 12.1. The molecule has 0 bridgehead atoms. The molecule has 27 heavy (non-hydrogen) atoms. The van der Waals surface area contributed by atoms with Gasteiger partial charge in [0.1, 0.15) is 11.9 Å². The van der Waals surface area contributed by atoms with Gasteiger partial charge in [0.15, 0.2) is 0 Å². The molecule has 0 aromatic rings. The minimum absolute atomic E-state index is 0.0567. The minimum Gasteiger partial charge on any atom is -0.508 e. The van der Waals surface area contributed by atoms with Crippen LogP contribution in [0.2, 0.25) is 0 Å². The number of allylic oxidation sites excluding steroid dienone is 7. The molecule has 4 nitrogen and oxygen atoms in total. The van der Waals surface area contributed by atoms with Crippen LogP contribution in [0.4, 0.5) is 0 Å². The molecule has 1 rings (SSSR count). The Morgan fingerprint density at radius 2 is 1.59 bits per heavy atom. The summed E-state index contributed by atoms with van der Waals surface area (Å²) >= 11 is 0. The van der Waals surface area contributed by atoms with Crippen molar-refractivity contribution in [2.45, 2.75) is 72.8 Å². The summed E-state index contributed by atoms with van der Waals surface area (Å²) < 4.78 is 4.94. The maximum Gasteiger partial charge on any atom is 0.229 e. The van der Waals surface area contributed by atoms with Gasteiger partial charge in [0.2, 0.25) is 11.5 Å². The summed E-state index contributed by atoms with van der Waals surface area (Å²) in [6, 6.07) is 0. The number of carbonyl (C=O) groups excluding carboxylic acids is 1. The fourth-order valence-electron chi connectivity index (χ4n) is 3.35. The molecule has 0 heterocycles. The van der Waals surface area contributed by atoms with E-state index < -0.39 is 11.9 Å². The van der Waals surface area contributed by atoms with Gasteiger partial charge in [-0.25, -0.2) is 0 Å². The second-order valence-electron chi connectivity index (χ2n) is 7.88. The average Bonchev–Trinajstić information content (AvgIpc) is 2.60. The number of hydrogen-bond donors (Lipinski definition) is 2. The Hall–Kier alpha value is -1.81. The summed E-state index contributed by atoms with van der Waals surface area (Å²) in [5.74, 6) is -1.33. The Bertz CT molecular complexity index is 633. The molecular weight excluding hydrogens is 340 g/mol. The van der Waals surface area contributed by atoms with Crippen LogP contribution in [0, 0.1) is 11.8 Å². The van der Waals surface area contributed by atoms with E-state index in [-0.39, 0.29) is 23.4 Å². The molecule has 1 aliphatic carbocycles. The van der Waals surface area contributed by atoms with Crippen LogP contribution in [-0.4, -0.2) is 29.2 Å². The highest BCUT2D eigenvalue weighted by atomic mass is 16.5. The minimum atomic E-state index is -1.13. The standard InChI is InChI=1S/C23H36O4/c1-15(2)9-7-10-16(3)11-8-12-17(4)13-14-19-18(5)20(24)23(27-6)22(26)21(19)25/h9,11,13,18-19,21,24-25H,7-8,10,12,14H2,1-6H3/b16-11+,17-13+/t18-,19?,21?/m0/s1. The molecule has 0 spiro atoms. The third kappa shape index (κ3) is 7.02. The molecule has 2 unspecified atom stereocenters. The lowest BCUT2D eigenvalue weighted by Crippen LogP contribution is -2.40. The molecule has 0 saturated heterocycles. The highest BCUT2D eigenvalue weighted by Gasteiger charge is 2.41. The number of aliphatic hydroxyl groups excluding tert-OH is 2. The molecule has 3 atom stereocenters. The second kappa shape index (κ2) is 11.1. The number of ketones is 1. The fourth-order valence-corrected chi connectivity index (χ4v) is 3.35. The Balaban J connectivity index is 2.58. The van der Waals surface area contributed by atoms with Gasteiger partial charge in [0.25, 0.3) is 0 Å². The normalized spacial score (nSPS) is 24.3. The van der Waals surface area contributed by atoms with Gasteiger partial charge in [-0.1, -0.05) is 41.9 Å². The topological polar surface area (TPSA) is 66.8 Å². The van der Waals surface area contributed by atoms with Crippen molar-refractivity contribution in [2.75, 3.05) is 7.11 Å². The van der Waals surface area contributed by atoms with E-state index in [9.17, 15) is 15.0 Å². The van der Waals surface area contributed by atoms with Crippen molar-refractivity contribution in [2.24, 2.45) is 11.8 Å². The van der Waals surface area contributed by atoms with Gasteiger partial charge >= 0.3 is 0 Å². The monoisotopic (exact) mass is 376 g/mol. The lowest BCUT2D eigenvalue weighted by Gasteiger charge is -2.32. The van der Waals surface area contributed by atoms with Gasteiger partial charge in [-0.15, -0.1) is 0 Å². The SMILES string of the molecule is COC1=C(O)[C@@H](C)C(C/C=C(\C)CC/C=C(\C)CCC=C(C)C)C(O)C1=O. The maximum absolute atomic E-state index is 12.1. The quantitative estimate of drug-likeness (QED) is 0.528. The number of ether oxygens (including phenoxy) is 1. The van der Waals surface area contributed by atoms with Gasteiger partial charge < -0.3 is 14.9 Å². The van der Waals surface area contributed by atoms with Gasteiger partial charge in [0.05, 0.1) is 7.11 Å². The van der Waals surface area contributed by atoms with E-state index >= 15 is 0 Å². The first kappa shape index (κ1) is 23.2. The third-order valence-electron chi connectivity index (χ3n) is 5.27. The first-order valence-electron chi connectivity index (χ1n) is 9.83. The summed E-state index contributed by atoms with van der Waals surface area (Å²) in [6.07, 6.45) is 10.2.